The van der Waals surface area contributed by atoms with Gasteiger partial charge in [0.2, 0.25) is 0 Å². The number of rotatable bonds is 4. The zero-order valence-electron chi connectivity index (χ0n) is 13.6. The average molecular weight is 381 g/mol. The van der Waals surface area contributed by atoms with Crippen LogP contribution in [0.25, 0.3) is 0 Å². The monoisotopic (exact) mass is 381 g/mol. The van der Waals surface area contributed by atoms with Gasteiger partial charge in [-0.1, -0.05) is 19.9 Å². The molecule has 0 spiro atoms. The van der Waals surface area contributed by atoms with Crippen LogP contribution in [0.5, 0.6) is 5.75 Å². The molecule has 0 radical (unpaired) electrons. The molecule has 2 rings (SSSR count). The quantitative estimate of drug-likeness (QED) is 0.637. The molecule has 1 unspecified atom stereocenters. The van der Waals surface area contributed by atoms with Crippen molar-refractivity contribution >= 4 is 16.2 Å². The van der Waals surface area contributed by atoms with Gasteiger partial charge in [-0.2, -0.15) is 21.6 Å². The fraction of sp³-hybridized carbons (Fsp3) is 0.533. The van der Waals surface area contributed by atoms with E-state index in [1.165, 1.54) is 17.0 Å². The van der Waals surface area contributed by atoms with E-state index < -0.39 is 33.5 Å². The summed E-state index contributed by atoms with van der Waals surface area (Å²) in [4.78, 5) is 12.7. The Labute approximate surface area is 143 Å². The minimum Gasteiger partial charge on any atom is -0.465 e. The fourth-order valence-electron chi connectivity index (χ4n) is 2.83. The number of hydrogen-bond acceptors (Lipinski definition) is 4. The average Bonchev–Trinajstić information content (AvgIpc) is 2.45. The molecule has 0 aromatic heterocycles. The molecule has 1 atom stereocenters. The highest BCUT2D eigenvalue weighted by molar-refractivity contribution is 7.88. The molecule has 25 heavy (non-hydrogen) atoms. The van der Waals surface area contributed by atoms with Crippen molar-refractivity contribution in [3.63, 3.8) is 0 Å². The Hall–Kier alpha value is -1.97. The van der Waals surface area contributed by atoms with Crippen molar-refractivity contribution < 1.29 is 35.7 Å². The molecular formula is C15H18F3NO5S. The summed E-state index contributed by atoms with van der Waals surface area (Å²) in [5, 5.41) is 9.36. The third-order valence-electron chi connectivity index (χ3n) is 3.90. The molecule has 140 valence electrons. The third-order valence-corrected chi connectivity index (χ3v) is 4.88. The predicted octanol–water partition coefficient (Wildman–Crippen LogP) is 3.54. The molecule has 1 aliphatic heterocycles. The molecule has 1 amide bonds. The summed E-state index contributed by atoms with van der Waals surface area (Å²) in [6.45, 7) is 4.05. The number of alkyl halides is 3. The maximum absolute atomic E-state index is 12.5. The molecule has 6 nitrogen and oxygen atoms in total. The summed E-state index contributed by atoms with van der Waals surface area (Å²) < 4.78 is 63.9. The van der Waals surface area contributed by atoms with E-state index in [-0.39, 0.29) is 12.5 Å². The standard InChI is InChI=1S/C15H18F3NO5S/c1-9(2)7-13-12-8-11(24-25(22,23)15(16,17)18)4-3-10(12)5-6-19(13)14(20)21/h3-4,8-9,13H,5-7H2,1-2H3,(H,20,21). The minimum absolute atomic E-state index is 0.126. The van der Waals surface area contributed by atoms with E-state index in [0.717, 1.165) is 11.6 Å². The van der Waals surface area contributed by atoms with Gasteiger partial charge in [-0.05, 0) is 42.0 Å². The smallest absolute Gasteiger partial charge is 0.465 e. The number of nitrogens with zero attached hydrogens (tertiary/aromatic N) is 1. The first-order valence-corrected chi connectivity index (χ1v) is 8.96. The summed E-state index contributed by atoms with van der Waals surface area (Å²) >= 11 is 0. The van der Waals surface area contributed by atoms with Crippen LogP contribution < -0.4 is 4.18 Å². The third kappa shape index (κ3) is 4.17. The summed E-state index contributed by atoms with van der Waals surface area (Å²) in [7, 11) is -5.78. The van der Waals surface area contributed by atoms with Crippen LogP contribution in [0.15, 0.2) is 18.2 Å². The van der Waals surface area contributed by atoms with Crippen molar-refractivity contribution in [2.75, 3.05) is 6.54 Å². The van der Waals surface area contributed by atoms with Gasteiger partial charge in [-0.15, -0.1) is 0 Å². The molecule has 1 aliphatic rings. The maximum atomic E-state index is 12.5. The summed E-state index contributed by atoms with van der Waals surface area (Å²) in [6.07, 6.45) is -0.289. The number of amides is 1. The van der Waals surface area contributed by atoms with E-state index >= 15 is 0 Å². The summed E-state index contributed by atoms with van der Waals surface area (Å²) in [5.74, 6) is -0.363. The number of benzene rings is 1. The van der Waals surface area contributed by atoms with Crippen molar-refractivity contribution in [2.24, 2.45) is 5.92 Å². The first kappa shape index (κ1) is 19.4. The molecule has 1 aromatic rings. The van der Waals surface area contributed by atoms with E-state index in [1.54, 1.807) is 0 Å². The van der Waals surface area contributed by atoms with Gasteiger partial charge in [0.05, 0.1) is 6.04 Å². The Morgan fingerprint density at radius 3 is 2.56 bits per heavy atom. The maximum Gasteiger partial charge on any atom is 0.534 e. The van der Waals surface area contributed by atoms with Crippen LogP contribution in [0.1, 0.15) is 37.4 Å². The van der Waals surface area contributed by atoms with Crippen LogP contribution >= 0.6 is 0 Å². The lowest BCUT2D eigenvalue weighted by Crippen LogP contribution is -2.39. The van der Waals surface area contributed by atoms with Gasteiger partial charge in [0.25, 0.3) is 0 Å². The van der Waals surface area contributed by atoms with E-state index in [9.17, 15) is 31.5 Å². The molecular weight excluding hydrogens is 363 g/mol. The molecule has 1 aromatic carbocycles. The van der Waals surface area contributed by atoms with Crippen molar-refractivity contribution in [1.82, 2.24) is 4.90 Å². The first-order valence-electron chi connectivity index (χ1n) is 7.55. The van der Waals surface area contributed by atoms with Gasteiger partial charge >= 0.3 is 21.7 Å². The lowest BCUT2D eigenvalue weighted by Gasteiger charge is -2.36. The van der Waals surface area contributed by atoms with Crippen molar-refractivity contribution in [3.05, 3.63) is 29.3 Å². The second-order valence-electron chi connectivity index (χ2n) is 6.22. The molecule has 0 bridgehead atoms. The molecule has 0 fully saturated rings. The summed E-state index contributed by atoms with van der Waals surface area (Å²) in [6, 6.07) is 3.23. The van der Waals surface area contributed by atoms with Gasteiger partial charge in [-0.3, -0.25) is 0 Å². The van der Waals surface area contributed by atoms with E-state index in [1.807, 2.05) is 13.8 Å². The van der Waals surface area contributed by atoms with Crippen LogP contribution in [0.4, 0.5) is 18.0 Å². The van der Waals surface area contributed by atoms with E-state index in [4.69, 9.17) is 0 Å². The lowest BCUT2D eigenvalue weighted by atomic mass is 9.88. The van der Waals surface area contributed by atoms with Crippen LogP contribution in [-0.4, -0.2) is 36.6 Å². The molecule has 0 aliphatic carbocycles. The number of halogens is 3. The van der Waals surface area contributed by atoms with Gasteiger partial charge < -0.3 is 14.2 Å². The van der Waals surface area contributed by atoms with Gasteiger partial charge in [0.15, 0.2) is 0 Å². The van der Waals surface area contributed by atoms with Crippen LogP contribution in [0.3, 0.4) is 0 Å². The normalized spacial score (nSPS) is 18.2. The largest absolute Gasteiger partial charge is 0.534 e. The lowest BCUT2D eigenvalue weighted by molar-refractivity contribution is -0.0500. The van der Waals surface area contributed by atoms with Crippen LogP contribution in [0.2, 0.25) is 0 Å². The first-order chi connectivity index (χ1) is 11.4. The van der Waals surface area contributed by atoms with Crippen molar-refractivity contribution in [3.8, 4) is 5.75 Å². The Balaban J connectivity index is 2.42. The SMILES string of the molecule is CC(C)CC1c2cc(OS(=O)(=O)C(F)(F)F)ccc2CCN1C(=O)O. The van der Waals surface area contributed by atoms with Crippen molar-refractivity contribution in [2.45, 2.75) is 38.2 Å². The number of carboxylic acid groups (broad SMARTS) is 1. The van der Waals surface area contributed by atoms with Gasteiger partial charge in [-0.25, -0.2) is 4.79 Å². The Morgan fingerprint density at radius 1 is 1.40 bits per heavy atom. The van der Waals surface area contributed by atoms with E-state index in [0.29, 0.717) is 18.4 Å². The number of hydrogen-bond donors (Lipinski definition) is 1. The minimum atomic E-state index is -5.78. The van der Waals surface area contributed by atoms with Gasteiger partial charge in [0.1, 0.15) is 5.75 Å². The highest BCUT2D eigenvalue weighted by Crippen LogP contribution is 2.37. The highest BCUT2D eigenvalue weighted by Gasteiger charge is 2.48. The van der Waals surface area contributed by atoms with Gasteiger partial charge in [0, 0.05) is 6.54 Å². The Kier molecular flexibility index (Phi) is 5.22. The van der Waals surface area contributed by atoms with Crippen LogP contribution in [0, 0.1) is 5.92 Å². The molecule has 0 saturated carbocycles. The molecule has 10 heteroatoms. The Morgan fingerprint density at radius 2 is 2.04 bits per heavy atom. The Bertz CT molecular complexity index is 761. The highest BCUT2D eigenvalue weighted by atomic mass is 32.2. The van der Waals surface area contributed by atoms with Crippen LogP contribution in [-0.2, 0) is 16.5 Å². The second kappa shape index (κ2) is 6.74. The number of fused-ring (bicyclic) bond motifs is 1. The fourth-order valence-corrected chi connectivity index (χ4v) is 3.28. The molecule has 1 N–H and O–H groups in total. The zero-order chi connectivity index (χ0) is 19.0. The topological polar surface area (TPSA) is 83.9 Å². The molecule has 0 saturated heterocycles. The van der Waals surface area contributed by atoms with E-state index in [2.05, 4.69) is 4.18 Å². The zero-order valence-corrected chi connectivity index (χ0v) is 14.4. The van der Waals surface area contributed by atoms with Crippen molar-refractivity contribution in [1.29, 1.82) is 0 Å². The summed E-state index contributed by atoms with van der Waals surface area (Å²) in [5.41, 5.74) is -4.30. The second-order valence-corrected chi connectivity index (χ2v) is 7.75. The number of carbonyl (C=O) groups is 1. The molecule has 1 heterocycles. The predicted molar refractivity (Wildman–Crippen MR) is 82.7 cm³/mol.